The molecule has 1 heterocycles. The number of benzene rings is 1. The highest BCUT2D eigenvalue weighted by atomic mass is 35.5. The summed E-state index contributed by atoms with van der Waals surface area (Å²) in [7, 11) is 0. The summed E-state index contributed by atoms with van der Waals surface area (Å²) < 4.78 is 0. The molecule has 1 aromatic heterocycles. The van der Waals surface area contributed by atoms with Gasteiger partial charge in [-0.3, -0.25) is 4.79 Å². The van der Waals surface area contributed by atoms with Crippen LogP contribution in [-0.4, -0.2) is 15.9 Å². The van der Waals surface area contributed by atoms with E-state index in [4.69, 9.17) is 28.9 Å². The van der Waals surface area contributed by atoms with Gasteiger partial charge in [0.05, 0.1) is 10.6 Å². The normalized spacial score (nSPS) is 10.1. The molecule has 3 N–H and O–H groups in total. The largest absolute Gasteiger partial charge is 0.399 e. The van der Waals surface area contributed by atoms with Crippen LogP contribution in [0, 0.1) is 0 Å². The first kappa shape index (κ1) is 12.6. The van der Waals surface area contributed by atoms with Gasteiger partial charge in [0.15, 0.2) is 0 Å². The quantitative estimate of drug-likeness (QED) is 0.655. The number of carbonyl (C=O) groups is 1. The number of nitrogens with one attached hydrogen (secondary N) is 1. The maximum absolute atomic E-state index is 11.9. The third kappa shape index (κ3) is 2.88. The highest BCUT2D eigenvalue weighted by molar-refractivity contribution is 6.34. The van der Waals surface area contributed by atoms with Crippen molar-refractivity contribution in [1.82, 2.24) is 9.97 Å². The van der Waals surface area contributed by atoms with E-state index in [2.05, 4.69) is 15.3 Å². The summed E-state index contributed by atoms with van der Waals surface area (Å²) in [5.41, 5.74) is 6.34. The molecule has 1 aromatic carbocycles. The number of carbonyl (C=O) groups excluding carboxylic acids is 1. The van der Waals surface area contributed by atoms with E-state index >= 15 is 0 Å². The number of nitrogens with two attached hydrogens (primary N) is 1. The molecule has 1 amide bonds. The number of aromatic nitrogens is 2. The van der Waals surface area contributed by atoms with Gasteiger partial charge < -0.3 is 11.1 Å². The van der Waals surface area contributed by atoms with Crippen molar-refractivity contribution in [2.45, 2.75) is 0 Å². The average Bonchev–Trinajstić information content (AvgIpc) is 2.28. The minimum Gasteiger partial charge on any atom is -0.399 e. The lowest BCUT2D eigenvalue weighted by atomic mass is 10.2. The van der Waals surface area contributed by atoms with Gasteiger partial charge in [-0.2, -0.15) is 0 Å². The van der Waals surface area contributed by atoms with Gasteiger partial charge in [0.1, 0.15) is 17.3 Å². The molecule has 0 aliphatic rings. The van der Waals surface area contributed by atoms with E-state index in [1.807, 2.05) is 0 Å². The lowest BCUT2D eigenvalue weighted by Crippen LogP contribution is -2.13. The minimum absolute atomic E-state index is 0.240. The molecule has 0 fully saturated rings. The SMILES string of the molecule is Nc1ccc(C(=O)Nc2cc(Cl)ncn2)c(Cl)c1. The summed E-state index contributed by atoms with van der Waals surface area (Å²) in [6, 6.07) is 6.07. The Labute approximate surface area is 113 Å². The first-order chi connectivity index (χ1) is 8.56. The van der Waals surface area contributed by atoms with Gasteiger partial charge in [-0.05, 0) is 18.2 Å². The summed E-state index contributed by atoms with van der Waals surface area (Å²) in [4.78, 5) is 19.5. The Morgan fingerprint density at radius 1 is 1.22 bits per heavy atom. The molecule has 18 heavy (non-hydrogen) atoms. The first-order valence-electron chi connectivity index (χ1n) is 4.90. The zero-order chi connectivity index (χ0) is 13.1. The zero-order valence-corrected chi connectivity index (χ0v) is 10.5. The molecule has 7 heteroatoms. The van der Waals surface area contributed by atoms with Crippen LogP contribution < -0.4 is 11.1 Å². The molecule has 0 bridgehead atoms. The monoisotopic (exact) mass is 282 g/mol. The van der Waals surface area contributed by atoms with Crippen LogP contribution in [0.5, 0.6) is 0 Å². The maximum atomic E-state index is 11.9. The minimum atomic E-state index is -0.394. The fourth-order valence-corrected chi connectivity index (χ4v) is 1.72. The highest BCUT2D eigenvalue weighted by Crippen LogP contribution is 2.20. The second-order valence-electron chi connectivity index (χ2n) is 3.42. The van der Waals surface area contributed by atoms with Crippen molar-refractivity contribution in [2.75, 3.05) is 11.1 Å². The molecule has 0 spiro atoms. The van der Waals surface area contributed by atoms with Crippen LogP contribution in [0.3, 0.4) is 0 Å². The van der Waals surface area contributed by atoms with E-state index in [0.29, 0.717) is 17.1 Å². The van der Waals surface area contributed by atoms with Crippen molar-refractivity contribution in [3.63, 3.8) is 0 Å². The van der Waals surface area contributed by atoms with Gasteiger partial charge in [-0.25, -0.2) is 9.97 Å². The van der Waals surface area contributed by atoms with Crippen molar-refractivity contribution in [2.24, 2.45) is 0 Å². The standard InChI is InChI=1S/C11H8Cl2N4O/c12-8-3-6(14)1-2-7(8)11(18)17-10-4-9(13)15-5-16-10/h1-5H,14H2,(H,15,16,17,18). The second kappa shape index (κ2) is 5.20. The Kier molecular flexibility index (Phi) is 3.64. The van der Waals surface area contributed by atoms with E-state index in [1.165, 1.54) is 24.5 Å². The molecule has 0 saturated carbocycles. The van der Waals surface area contributed by atoms with E-state index in [1.54, 1.807) is 6.07 Å². The second-order valence-corrected chi connectivity index (χ2v) is 4.21. The molecule has 92 valence electrons. The van der Waals surface area contributed by atoms with E-state index in [-0.39, 0.29) is 10.2 Å². The molecule has 0 unspecified atom stereocenters. The van der Waals surface area contributed by atoms with Gasteiger partial charge in [0, 0.05) is 11.8 Å². The number of nitrogens with zero attached hydrogens (tertiary/aromatic N) is 2. The van der Waals surface area contributed by atoms with Crippen molar-refractivity contribution in [3.8, 4) is 0 Å². The van der Waals surface area contributed by atoms with Crippen LogP contribution in [0.4, 0.5) is 11.5 Å². The predicted molar refractivity (Wildman–Crippen MR) is 70.9 cm³/mol. The van der Waals surface area contributed by atoms with Gasteiger partial charge in [0.2, 0.25) is 0 Å². The lowest BCUT2D eigenvalue weighted by molar-refractivity contribution is 0.102. The van der Waals surface area contributed by atoms with Crippen LogP contribution >= 0.6 is 23.2 Å². The molecule has 0 aliphatic carbocycles. The predicted octanol–water partition coefficient (Wildman–Crippen LogP) is 2.62. The van der Waals surface area contributed by atoms with Crippen LogP contribution in [0.25, 0.3) is 0 Å². The topological polar surface area (TPSA) is 80.9 Å². The number of nitrogen functional groups attached to an aromatic ring is 1. The van der Waals surface area contributed by atoms with Crippen molar-refractivity contribution < 1.29 is 4.79 Å². The van der Waals surface area contributed by atoms with Crippen LogP contribution in [-0.2, 0) is 0 Å². The third-order valence-electron chi connectivity index (χ3n) is 2.11. The fraction of sp³-hybridized carbons (Fsp3) is 0. The number of hydrogen-bond donors (Lipinski definition) is 2. The zero-order valence-electron chi connectivity index (χ0n) is 9.02. The van der Waals surface area contributed by atoms with Crippen molar-refractivity contribution in [3.05, 3.63) is 46.3 Å². The molecule has 0 aliphatic heterocycles. The van der Waals surface area contributed by atoms with Crippen LogP contribution in [0.2, 0.25) is 10.2 Å². The fourth-order valence-electron chi connectivity index (χ4n) is 1.30. The first-order valence-corrected chi connectivity index (χ1v) is 5.66. The van der Waals surface area contributed by atoms with Gasteiger partial charge in [0.25, 0.3) is 5.91 Å². The summed E-state index contributed by atoms with van der Waals surface area (Å²) >= 11 is 11.6. The highest BCUT2D eigenvalue weighted by Gasteiger charge is 2.11. The number of amides is 1. The molecular weight excluding hydrogens is 275 g/mol. The Morgan fingerprint density at radius 3 is 2.67 bits per heavy atom. The van der Waals surface area contributed by atoms with Crippen molar-refractivity contribution in [1.29, 1.82) is 0 Å². The summed E-state index contributed by atoms with van der Waals surface area (Å²) in [6.07, 6.45) is 1.25. The number of hydrogen-bond acceptors (Lipinski definition) is 4. The Bertz CT molecular complexity index is 603. The molecule has 5 nitrogen and oxygen atoms in total. The molecule has 0 saturated heterocycles. The molecule has 0 atom stereocenters. The average molecular weight is 283 g/mol. The van der Waals surface area contributed by atoms with Gasteiger partial charge >= 0.3 is 0 Å². The van der Waals surface area contributed by atoms with Crippen LogP contribution in [0.1, 0.15) is 10.4 Å². The van der Waals surface area contributed by atoms with E-state index in [9.17, 15) is 4.79 Å². The van der Waals surface area contributed by atoms with Crippen molar-refractivity contribution >= 4 is 40.6 Å². The molecule has 2 rings (SSSR count). The number of rotatable bonds is 2. The van der Waals surface area contributed by atoms with E-state index < -0.39 is 5.91 Å². The third-order valence-corrected chi connectivity index (χ3v) is 2.63. The smallest absolute Gasteiger partial charge is 0.258 e. The summed E-state index contributed by atoms with van der Waals surface area (Å²) in [6.45, 7) is 0. The Balaban J connectivity index is 2.22. The Hall–Kier alpha value is -1.85. The summed E-state index contributed by atoms with van der Waals surface area (Å²) in [5, 5.41) is 3.07. The maximum Gasteiger partial charge on any atom is 0.258 e. The molecule has 0 radical (unpaired) electrons. The van der Waals surface area contributed by atoms with Gasteiger partial charge in [-0.1, -0.05) is 23.2 Å². The van der Waals surface area contributed by atoms with Gasteiger partial charge in [-0.15, -0.1) is 0 Å². The Morgan fingerprint density at radius 2 is 2.00 bits per heavy atom. The molecule has 2 aromatic rings. The molecular formula is C11H8Cl2N4O. The van der Waals surface area contributed by atoms with E-state index in [0.717, 1.165) is 0 Å². The van der Waals surface area contributed by atoms with Crippen LogP contribution in [0.15, 0.2) is 30.6 Å². The summed E-state index contributed by atoms with van der Waals surface area (Å²) in [5.74, 6) is -0.0948. The number of halogens is 2. The number of anilines is 2. The lowest BCUT2D eigenvalue weighted by Gasteiger charge is -2.06.